The van der Waals surface area contributed by atoms with Gasteiger partial charge in [0.2, 0.25) is 0 Å². The maximum atomic E-state index is 13.1. The van der Waals surface area contributed by atoms with E-state index in [1.165, 1.54) is 6.92 Å². The van der Waals surface area contributed by atoms with Gasteiger partial charge in [-0.05, 0) is 13.0 Å². The topological polar surface area (TPSA) is 92.8 Å². The number of halogens is 4. The zero-order valence-electron chi connectivity index (χ0n) is 11.5. The third-order valence-corrected chi connectivity index (χ3v) is 3.79. The van der Waals surface area contributed by atoms with Crippen molar-refractivity contribution in [2.24, 2.45) is 10.7 Å². The molecule has 0 saturated carbocycles. The molecule has 1 amide bonds. The Labute approximate surface area is 130 Å². The Morgan fingerprint density at radius 2 is 2.09 bits per heavy atom. The Kier molecular flexibility index (Phi) is 4.98. The summed E-state index contributed by atoms with van der Waals surface area (Å²) in [4.78, 5) is 15.4. The first-order chi connectivity index (χ1) is 9.79. The minimum Gasteiger partial charge on any atom is -0.365 e. The maximum Gasteiger partial charge on any atom is 0.431 e. The van der Waals surface area contributed by atoms with E-state index in [4.69, 9.17) is 17.3 Å². The van der Waals surface area contributed by atoms with Crippen molar-refractivity contribution < 1.29 is 26.4 Å². The van der Waals surface area contributed by atoms with E-state index in [2.05, 4.69) is 4.99 Å². The number of amides is 1. The highest BCUT2D eigenvalue weighted by Gasteiger charge is 2.51. The van der Waals surface area contributed by atoms with Crippen LogP contribution in [0.4, 0.5) is 13.2 Å². The van der Waals surface area contributed by atoms with Gasteiger partial charge >= 0.3 is 6.18 Å². The van der Waals surface area contributed by atoms with Crippen LogP contribution in [-0.2, 0) is 14.6 Å². The fourth-order valence-corrected chi connectivity index (χ4v) is 2.57. The lowest BCUT2D eigenvalue weighted by Gasteiger charge is -2.42. The number of hydrogen-bond donors (Lipinski definition) is 1. The molecule has 0 aromatic rings. The minimum absolute atomic E-state index is 0.415. The van der Waals surface area contributed by atoms with Gasteiger partial charge < -0.3 is 10.6 Å². The molecule has 2 N–H and O–H groups in total. The Bertz CT molecular complexity index is 657. The number of primary amides is 1. The zero-order valence-corrected chi connectivity index (χ0v) is 13.1. The maximum absolute atomic E-state index is 13.1. The van der Waals surface area contributed by atoms with E-state index in [-0.39, 0.29) is 0 Å². The van der Waals surface area contributed by atoms with Crippen LogP contribution in [0, 0.1) is 0 Å². The van der Waals surface area contributed by atoms with Crippen LogP contribution in [0.15, 0.2) is 28.2 Å². The number of aliphatic imine (C=N–C) groups is 1. The van der Waals surface area contributed by atoms with Crippen molar-refractivity contribution in [3.8, 4) is 0 Å². The summed E-state index contributed by atoms with van der Waals surface area (Å²) in [5.74, 6) is -1.32. The second kappa shape index (κ2) is 5.92. The van der Waals surface area contributed by atoms with Gasteiger partial charge in [-0.3, -0.25) is 4.79 Å². The fourth-order valence-electron chi connectivity index (χ4n) is 1.75. The van der Waals surface area contributed by atoms with Crippen molar-refractivity contribution >= 4 is 33.6 Å². The Morgan fingerprint density at radius 1 is 1.55 bits per heavy atom. The molecule has 1 rings (SSSR count). The molecule has 0 spiro atoms. The number of nitrogens with zero attached hydrogens (tertiary/aromatic N) is 2. The van der Waals surface area contributed by atoms with E-state index in [1.54, 1.807) is 0 Å². The summed E-state index contributed by atoms with van der Waals surface area (Å²) in [5, 5.41) is -1.79. The first-order valence-electron chi connectivity index (χ1n) is 5.78. The van der Waals surface area contributed by atoms with Crippen LogP contribution in [0.3, 0.4) is 0 Å². The smallest absolute Gasteiger partial charge is 0.365 e. The highest BCUT2D eigenvalue weighted by atomic mass is 35.5. The molecular formula is C11H13ClF3N3O3S. The molecule has 0 fully saturated rings. The molecule has 124 valence electrons. The Hall–Kier alpha value is -1.55. The average Bonchev–Trinajstić information content (AvgIpc) is 2.33. The van der Waals surface area contributed by atoms with Gasteiger partial charge in [0, 0.05) is 23.9 Å². The van der Waals surface area contributed by atoms with Gasteiger partial charge in [0.1, 0.15) is 5.70 Å². The van der Waals surface area contributed by atoms with Crippen molar-refractivity contribution in [3.05, 3.63) is 23.3 Å². The lowest BCUT2D eigenvalue weighted by atomic mass is 10.1. The lowest BCUT2D eigenvalue weighted by molar-refractivity contribution is -0.135. The standard InChI is InChI=1S/C11H13ClF3N3O3S/c1-7(4-6-22(2,20)21)18-8(11(13,14)15)3-5-17-10(18,12)9(16)19/h3-7H,1-2H3,(H2,16,19)/b6-4+/t7-,10?/m1/s1. The molecule has 0 bridgehead atoms. The van der Waals surface area contributed by atoms with Gasteiger partial charge in [0.05, 0.1) is 0 Å². The van der Waals surface area contributed by atoms with Gasteiger partial charge in [0.15, 0.2) is 9.84 Å². The fraction of sp³-hybridized carbons (Fsp3) is 0.455. The first kappa shape index (κ1) is 18.5. The highest BCUT2D eigenvalue weighted by molar-refractivity contribution is 7.93. The van der Waals surface area contributed by atoms with Crippen molar-refractivity contribution in [2.75, 3.05) is 6.26 Å². The van der Waals surface area contributed by atoms with Gasteiger partial charge in [-0.15, -0.1) is 0 Å². The zero-order chi connectivity index (χ0) is 17.3. The van der Waals surface area contributed by atoms with Crippen molar-refractivity contribution in [1.82, 2.24) is 4.90 Å². The lowest BCUT2D eigenvalue weighted by Crippen LogP contribution is -2.57. The third kappa shape index (κ3) is 4.01. The van der Waals surface area contributed by atoms with Crippen molar-refractivity contribution in [1.29, 1.82) is 0 Å². The SMILES string of the molecule is C[C@H](/C=C/S(C)(=O)=O)N1C(C(F)(F)F)=CC=NC1(Cl)C(N)=O. The van der Waals surface area contributed by atoms with Crippen LogP contribution in [-0.4, -0.2) is 49.0 Å². The molecule has 1 unspecified atom stereocenters. The second-order valence-corrected chi connectivity index (χ2v) is 7.01. The van der Waals surface area contributed by atoms with Crippen LogP contribution in [0.5, 0.6) is 0 Å². The molecule has 11 heteroatoms. The molecule has 2 atom stereocenters. The van der Waals surface area contributed by atoms with Gasteiger partial charge in [0.25, 0.3) is 11.0 Å². The average molecular weight is 360 g/mol. The van der Waals surface area contributed by atoms with Gasteiger partial charge in [-0.1, -0.05) is 17.7 Å². The van der Waals surface area contributed by atoms with E-state index in [9.17, 15) is 26.4 Å². The second-order valence-electron chi connectivity index (χ2n) is 4.55. The number of carbonyl (C=O) groups excluding carboxylic acids is 1. The number of hydrogen-bond acceptors (Lipinski definition) is 5. The summed E-state index contributed by atoms with van der Waals surface area (Å²) in [7, 11) is -3.57. The van der Waals surface area contributed by atoms with Crippen molar-refractivity contribution in [2.45, 2.75) is 24.3 Å². The van der Waals surface area contributed by atoms with Crippen LogP contribution < -0.4 is 5.73 Å². The van der Waals surface area contributed by atoms with E-state index in [0.29, 0.717) is 16.4 Å². The van der Waals surface area contributed by atoms with Crippen LogP contribution in [0.25, 0.3) is 0 Å². The van der Waals surface area contributed by atoms with E-state index >= 15 is 0 Å². The minimum atomic E-state index is -4.84. The molecular weight excluding hydrogens is 347 g/mol. The molecule has 22 heavy (non-hydrogen) atoms. The molecule has 1 aliphatic rings. The molecule has 0 aliphatic carbocycles. The van der Waals surface area contributed by atoms with Crippen molar-refractivity contribution in [3.63, 3.8) is 0 Å². The van der Waals surface area contributed by atoms with E-state index in [0.717, 1.165) is 18.5 Å². The summed E-state index contributed by atoms with van der Waals surface area (Å²) in [6.45, 7) is 1.22. The predicted octanol–water partition coefficient (Wildman–Crippen LogP) is 1.14. The summed E-state index contributed by atoms with van der Waals surface area (Å²) in [6.07, 6.45) is -1.67. The number of allylic oxidation sites excluding steroid dienone is 2. The monoisotopic (exact) mass is 359 g/mol. The predicted molar refractivity (Wildman–Crippen MR) is 75.7 cm³/mol. The molecule has 1 heterocycles. The summed E-state index contributed by atoms with van der Waals surface area (Å²) < 4.78 is 61.5. The molecule has 1 aliphatic heterocycles. The largest absolute Gasteiger partial charge is 0.431 e. The van der Waals surface area contributed by atoms with Crippen LogP contribution in [0.2, 0.25) is 0 Å². The Morgan fingerprint density at radius 3 is 2.50 bits per heavy atom. The summed E-state index contributed by atoms with van der Waals surface area (Å²) in [6, 6.07) is -1.22. The molecule has 0 aromatic carbocycles. The molecule has 0 radical (unpaired) electrons. The number of nitrogens with two attached hydrogens (primary N) is 1. The number of alkyl halides is 4. The normalized spacial score (nSPS) is 24.5. The Balaban J connectivity index is 3.38. The third-order valence-electron chi connectivity index (χ3n) is 2.67. The van der Waals surface area contributed by atoms with Crippen LogP contribution in [0.1, 0.15) is 6.92 Å². The molecule has 0 saturated heterocycles. The molecule has 0 aromatic heterocycles. The number of rotatable bonds is 4. The van der Waals surface area contributed by atoms with E-state index < -0.39 is 38.8 Å². The quantitative estimate of drug-likeness (QED) is 0.602. The summed E-state index contributed by atoms with van der Waals surface area (Å²) >= 11 is 5.85. The van der Waals surface area contributed by atoms with Gasteiger partial charge in [-0.2, -0.15) is 13.2 Å². The van der Waals surface area contributed by atoms with E-state index in [1.807, 2.05) is 0 Å². The van der Waals surface area contributed by atoms with Crippen LogP contribution >= 0.6 is 11.6 Å². The molecule has 6 nitrogen and oxygen atoms in total. The highest BCUT2D eigenvalue weighted by Crippen LogP contribution is 2.39. The number of sulfone groups is 1. The first-order valence-corrected chi connectivity index (χ1v) is 8.11. The van der Waals surface area contributed by atoms with Gasteiger partial charge in [-0.25, -0.2) is 13.4 Å². The summed E-state index contributed by atoms with van der Waals surface area (Å²) in [5.41, 5.74) is 3.79. The number of carbonyl (C=O) groups is 1.